The maximum absolute atomic E-state index is 10.6. The quantitative estimate of drug-likeness (QED) is 0.537. The van der Waals surface area contributed by atoms with Crippen molar-refractivity contribution < 1.29 is 39.5 Å². The number of hydrogen-bond acceptors (Lipinski definition) is 2. The van der Waals surface area contributed by atoms with Gasteiger partial charge in [-0.1, -0.05) is 18.2 Å². The number of nitrogens with one attached hydrogen (secondary N) is 1. The molecule has 78 valence electrons. The van der Waals surface area contributed by atoms with Crippen molar-refractivity contribution in [2.24, 2.45) is 5.73 Å². The molecule has 1 aromatic heterocycles. The Balaban J connectivity index is 0.00000128. The van der Waals surface area contributed by atoms with Crippen LogP contribution in [0.25, 0.3) is 10.9 Å². The first-order valence-corrected chi connectivity index (χ1v) is 4.72. The molecule has 5 heteroatoms. The molecule has 2 rings (SSSR count). The Morgan fingerprint density at radius 2 is 2.12 bits per heavy atom. The van der Waals surface area contributed by atoms with Gasteiger partial charge >= 0.3 is 35.5 Å². The summed E-state index contributed by atoms with van der Waals surface area (Å²) in [4.78, 5) is 13.7. The van der Waals surface area contributed by atoms with Gasteiger partial charge in [-0.15, -0.1) is 0 Å². The molecule has 1 aromatic carbocycles. The third kappa shape index (κ3) is 2.65. The van der Waals surface area contributed by atoms with E-state index in [-0.39, 0.29) is 29.6 Å². The number of carbonyl (C=O) groups is 1. The van der Waals surface area contributed by atoms with Gasteiger partial charge in [0.05, 0.1) is 0 Å². The van der Waals surface area contributed by atoms with Crippen molar-refractivity contribution in [1.29, 1.82) is 0 Å². The monoisotopic (exact) mass is 227 g/mol. The molecule has 0 amide bonds. The SMILES string of the molecule is NC(Cc1c[nH]c2ccccc12)C(=O)O.[Na+]. The summed E-state index contributed by atoms with van der Waals surface area (Å²) in [5.41, 5.74) is 7.43. The molecule has 4 nitrogen and oxygen atoms in total. The number of nitrogens with two attached hydrogens (primary N) is 1. The zero-order valence-corrected chi connectivity index (χ0v) is 11.1. The van der Waals surface area contributed by atoms with Crippen LogP contribution in [-0.4, -0.2) is 22.1 Å². The minimum Gasteiger partial charge on any atom is -0.480 e. The minimum absolute atomic E-state index is 0. The van der Waals surface area contributed by atoms with Gasteiger partial charge in [-0.3, -0.25) is 4.79 Å². The van der Waals surface area contributed by atoms with E-state index in [2.05, 4.69) is 4.98 Å². The van der Waals surface area contributed by atoms with Crippen molar-refractivity contribution in [3.63, 3.8) is 0 Å². The summed E-state index contributed by atoms with van der Waals surface area (Å²) in [7, 11) is 0. The van der Waals surface area contributed by atoms with Crippen LogP contribution in [0.2, 0.25) is 0 Å². The molecule has 1 heterocycles. The number of aromatic nitrogens is 1. The smallest absolute Gasteiger partial charge is 0.480 e. The van der Waals surface area contributed by atoms with Crippen LogP contribution in [0, 0.1) is 0 Å². The summed E-state index contributed by atoms with van der Waals surface area (Å²) in [6.45, 7) is 0. The Hall–Kier alpha value is -0.810. The Labute approximate surface area is 115 Å². The van der Waals surface area contributed by atoms with Gasteiger partial charge in [0.2, 0.25) is 0 Å². The predicted molar refractivity (Wildman–Crippen MR) is 57.6 cm³/mol. The summed E-state index contributed by atoms with van der Waals surface area (Å²) < 4.78 is 0. The van der Waals surface area contributed by atoms with Crippen molar-refractivity contribution in [2.75, 3.05) is 0 Å². The zero-order chi connectivity index (χ0) is 10.8. The average Bonchev–Trinajstić information content (AvgIpc) is 2.62. The molecule has 1 atom stereocenters. The predicted octanol–water partition coefficient (Wildman–Crippen LogP) is -1.87. The zero-order valence-electron chi connectivity index (χ0n) is 9.10. The second-order valence-electron chi connectivity index (χ2n) is 3.51. The first-order chi connectivity index (χ1) is 7.18. The van der Waals surface area contributed by atoms with Crippen molar-refractivity contribution in [3.05, 3.63) is 36.0 Å². The molecule has 0 bridgehead atoms. The minimum atomic E-state index is -0.972. The van der Waals surface area contributed by atoms with Crippen molar-refractivity contribution in [1.82, 2.24) is 4.98 Å². The van der Waals surface area contributed by atoms with Crippen LogP contribution in [0.4, 0.5) is 0 Å². The molecule has 1 unspecified atom stereocenters. The second kappa shape index (κ2) is 5.50. The topological polar surface area (TPSA) is 79.1 Å². The molecular formula is C11H12N2NaO2+. The van der Waals surface area contributed by atoms with Crippen molar-refractivity contribution in [3.8, 4) is 0 Å². The fraction of sp³-hybridized carbons (Fsp3) is 0.182. The number of aromatic amines is 1. The summed E-state index contributed by atoms with van der Waals surface area (Å²) >= 11 is 0. The third-order valence-electron chi connectivity index (χ3n) is 2.43. The summed E-state index contributed by atoms with van der Waals surface area (Å²) in [6, 6.07) is 6.91. The largest absolute Gasteiger partial charge is 1.00 e. The molecule has 2 aromatic rings. The fourth-order valence-corrected chi connectivity index (χ4v) is 1.62. The maximum Gasteiger partial charge on any atom is 1.00 e. The molecule has 0 aliphatic heterocycles. The molecule has 0 saturated carbocycles. The standard InChI is InChI=1S/C11H12N2O2.Na/c12-9(11(14)15)5-7-6-13-10-4-2-1-3-8(7)10;/h1-4,6,9,13H,5,12H2,(H,14,15);/q;+1. The summed E-state index contributed by atoms with van der Waals surface area (Å²) in [5.74, 6) is -0.972. The molecule has 0 aliphatic carbocycles. The number of hydrogen-bond donors (Lipinski definition) is 3. The van der Waals surface area contributed by atoms with Crippen LogP contribution in [0.3, 0.4) is 0 Å². The van der Waals surface area contributed by atoms with E-state index in [1.807, 2.05) is 30.5 Å². The number of carboxylic acid groups (broad SMARTS) is 1. The van der Waals surface area contributed by atoms with Crippen LogP contribution in [0.1, 0.15) is 5.56 Å². The number of rotatable bonds is 3. The van der Waals surface area contributed by atoms with E-state index in [1.54, 1.807) is 0 Å². The Bertz CT molecular complexity index is 495. The number of H-pyrrole nitrogens is 1. The van der Waals surface area contributed by atoms with E-state index < -0.39 is 12.0 Å². The molecule has 0 spiro atoms. The van der Waals surface area contributed by atoms with Gasteiger partial charge in [-0.2, -0.15) is 0 Å². The van der Waals surface area contributed by atoms with Gasteiger partial charge in [-0.05, 0) is 11.6 Å². The second-order valence-corrected chi connectivity index (χ2v) is 3.51. The van der Waals surface area contributed by atoms with Gasteiger partial charge in [0, 0.05) is 23.5 Å². The van der Waals surface area contributed by atoms with Gasteiger partial charge < -0.3 is 15.8 Å². The molecule has 0 radical (unpaired) electrons. The Morgan fingerprint density at radius 1 is 1.44 bits per heavy atom. The summed E-state index contributed by atoms with van der Waals surface area (Å²) in [5, 5.41) is 9.75. The van der Waals surface area contributed by atoms with Crippen molar-refractivity contribution >= 4 is 16.9 Å². The Kier molecular flexibility index (Phi) is 4.56. The molecule has 16 heavy (non-hydrogen) atoms. The van der Waals surface area contributed by atoms with Crippen LogP contribution < -0.4 is 35.3 Å². The van der Waals surface area contributed by atoms with Crippen LogP contribution >= 0.6 is 0 Å². The normalized spacial score (nSPS) is 12.1. The van der Waals surface area contributed by atoms with E-state index in [0.717, 1.165) is 16.5 Å². The number of para-hydroxylation sites is 1. The number of carboxylic acids is 1. The van der Waals surface area contributed by atoms with Crippen LogP contribution in [0.15, 0.2) is 30.5 Å². The van der Waals surface area contributed by atoms with E-state index in [0.29, 0.717) is 6.42 Å². The van der Waals surface area contributed by atoms with Gasteiger partial charge in [-0.25, -0.2) is 0 Å². The molecule has 4 N–H and O–H groups in total. The van der Waals surface area contributed by atoms with Gasteiger partial charge in [0.15, 0.2) is 0 Å². The molecule has 0 saturated heterocycles. The van der Waals surface area contributed by atoms with Gasteiger partial charge in [0.25, 0.3) is 0 Å². The molecular weight excluding hydrogens is 215 g/mol. The van der Waals surface area contributed by atoms with E-state index in [1.165, 1.54) is 0 Å². The first-order valence-electron chi connectivity index (χ1n) is 4.72. The number of aliphatic carboxylic acids is 1. The number of fused-ring (bicyclic) bond motifs is 1. The third-order valence-corrected chi connectivity index (χ3v) is 2.43. The average molecular weight is 227 g/mol. The van der Waals surface area contributed by atoms with Crippen molar-refractivity contribution in [2.45, 2.75) is 12.5 Å². The first kappa shape index (κ1) is 13.3. The fourth-order valence-electron chi connectivity index (χ4n) is 1.62. The number of benzene rings is 1. The van der Waals surface area contributed by atoms with E-state index >= 15 is 0 Å². The van der Waals surface area contributed by atoms with E-state index in [9.17, 15) is 4.79 Å². The van der Waals surface area contributed by atoms with E-state index in [4.69, 9.17) is 10.8 Å². The maximum atomic E-state index is 10.6. The Morgan fingerprint density at radius 3 is 2.81 bits per heavy atom. The molecule has 0 fully saturated rings. The molecule has 0 aliphatic rings. The summed E-state index contributed by atoms with van der Waals surface area (Å²) in [6.07, 6.45) is 2.16. The van der Waals surface area contributed by atoms with Crippen LogP contribution in [-0.2, 0) is 11.2 Å². The van der Waals surface area contributed by atoms with Crippen LogP contribution in [0.5, 0.6) is 0 Å². The van der Waals surface area contributed by atoms with Gasteiger partial charge in [0.1, 0.15) is 6.04 Å².